The van der Waals surface area contributed by atoms with E-state index in [4.69, 9.17) is 5.11 Å². The first-order valence-electron chi connectivity index (χ1n) is 4.23. The Kier molecular flexibility index (Phi) is 3.51. The molecule has 1 aromatic heterocycles. The summed E-state index contributed by atoms with van der Waals surface area (Å²) in [6, 6.07) is 0.614. The second-order valence-electron chi connectivity index (χ2n) is 3.05. The lowest BCUT2D eigenvalue weighted by Gasteiger charge is -2.03. The maximum Gasteiger partial charge on any atom is 0.333 e. The van der Waals surface area contributed by atoms with Crippen molar-refractivity contribution in [3.05, 3.63) is 37.7 Å². The van der Waals surface area contributed by atoms with Crippen molar-refractivity contribution < 1.29 is 23.6 Å². The normalized spacial score (nSPS) is 10.5. The molecule has 0 radical (unpaired) electrons. The number of aromatic nitrogens is 1. The zero-order valence-electron chi connectivity index (χ0n) is 8.15. The minimum atomic E-state index is -3.31. The minimum Gasteiger partial charge on any atom is -0.481 e. The van der Waals surface area contributed by atoms with Crippen molar-refractivity contribution in [3.63, 3.8) is 0 Å². The average molecular weight is 248 g/mol. The van der Waals surface area contributed by atoms with Crippen LogP contribution in [0.5, 0.6) is 0 Å². The van der Waals surface area contributed by atoms with E-state index in [0.717, 1.165) is 0 Å². The fraction of sp³-hybridized carbons (Fsp3) is 0.250. The van der Waals surface area contributed by atoms with Gasteiger partial charge in [0.25, 0.3) is 6.43 Å². The number of carboxylic acids is 1. The molecule has 0 fully saturated rings. The number of nitro groups is 1. The van der Waals surface area contributed by atoms with E-state index in [-0.39, 0.29) is 5.69 Å². The third-order valence-corrected chi connectivity index (χ3v) is 1.85. The highest BCUT2D eigenvalue weighted by Crippen LogP contribution is 2.23. The van der Waals surface area contributed by atoms with Crippen LogP contribution in [0.25, 0.3) is 0 Å². The van der Waals surface area contributed by atoms with Crippen LogP contribution in [0.2, 0.25) is 0 Å². The van der Waals surface area contributed by atoms with Crippen molar-refractivity contribution in [1.29, 1.82) is 0 Å². The Morgan fingerprint density at radius 3 is 2.59 bits per heavy atom. The summed E-state index contributed by atoms with van der Waals surface area (Å²) in [5.41, 5.74) is -2.84. The smallest absolute Gasteiger partial charge is 0.333 e. The molecule has 1 aromatic rings. The molecular weight excluding hydrogens is 242 g/mol. The van der Waals surface area contributed by atoms with Crippen molar-refractivity contribution >= 4 is 11.8 Å². The predicted molar refractivity (Wildman–Crippen MR) is 50.0 cm³/mol. The van der Waals surface area contributed by atoms with Crippen LogP contribution in [-0.4, -0.2) is 21.0 Å². The molecule has 0 unspecified atom stereocenters. The Morgan fingerprint density at radius 2 is 2.18 bits per heavy atom. The molecule has 0 amide bonds. The number of alkyl halides is 2. The van der Waals surface area contributed by atoms with Gasteiger partial charge in [0, 0.05) is 6.07 Å². The van der Waals surface area contributed by atoms with E-state index in [2.05, 4.69) is 0 Å². The Morgan fingerprint density at radius 1 is 1.59 bits per heavy atom. The van der Waals surface area contributed by atoms with Gasteiger partial charge >= 0.3 is 11.8 Å². The van der Waals surface area contributed by atoms with Gasteiger partial charge in [-0.1, -0.05) is 0 Å². The molecule has 0 saturated heterocycles. The molecule has 0 aromatic carbocycles. The van der Waals surface area contributed by atoms with Gasteiger partial charge in [-0.05, 0) is 4.92 Å². The van der Waals surface area contributed by atoms with Crippen molar-refractivity contribution in [2.45, 2.75) is 12.8 Å². The molecule has 0 saturated carbocycles. The maximum absolute atomic E-state index is 12.4. The van der Waals surface area contributed by atoms with Crippen LogP contribution in [0.4, 0.5) is 14.6 Å². The fourth-order valence-corrected chi connectivity index (χ4v) is 1.22. The number of H-pyrrole nitrogens is 1. The third kappa shape index (κ3) is 2.83. The summed E-state index contributed by atoms with van der Waals surface area (Å²) in [6.07, 6.45) is -4.00. The summed E-state index contributed by atoms with van der Waals surface area (Å²) >= 11 is 0. The van der Waals surface area contributed by atoms with Crippen LogP contribution in [0.1, 0.15) is 17.7 Å². The largest absolute Gasteiger partial charge is 0.481 e. The van der Waals surface area contributed by atoms with E-state index in [1.807, 2.05) is 4.98 Å². The third-order valence-electron chi connectivity index (χ3n) is 1.85. The van der Waals surface area contributed by atoms with Crippen molar-refractivity contribution in [1.82, 2.24) is 4.98 Å². The lowest BCUT2D eigenvalue weighted by molar-refractivity contribution is -0.391. The molecule has 9 heteroatoms. The molecule has 0 aliphatic carbocycles. The number of aliphatic carboxylic acids is 1. The molecule has 92 valence electrons. The van der Waals surface area contributed by atoms with Crippen LogP contribution < -0.4 is 5.43 Å². The maximum atomic E-state index is 12.4. The quantitative estimate of drug-likeness (QED) is 0.605. The Labute approximate surface area is 91.8 Å². The van der Waals surface area contributed by atoms with Gasteiger partial charge in [0.15, 0.2) is 11.0 Å². The van der Waals surface area contributed by atoms with Crippen LogP contribution >= 0.6 is 0 Å². The topological polar surface area (TPSA) is 113 Å². The SMILES string of the molecule is O=C(O)Cc1cc(=O)c(C(F)F)c([N+](=O)[O-])[nH]1. The van der Waals surface area contributed by atoms with E-state index in [9.17, 15) is 28.5 Å². The van der Waals surface area contributed by atoms with Crippen molar-refractivity contribution in [2.24, 2.45) is 0 Å². The summed E-state index contributed by atoms with van der Waals surface area (Å²) < 4.78 is 24.8. The van der Waals surface area contributed by atoms with Gasteiger partial charge in [0.1, 0.15) is 12.1 Å². The second-order valence-corrected chi connectivity index (χ2v) is 3.05. The number of carboxylic acid groups (broad SMARTS) is 1. The molecule has 0 aliphatic heterocycles. The van der Waals surface area contributed by atoms with Gasteiger partial charge in [-0.15, -0.1) is 0 Å². The first-order valence-corrected chi connectivity index (χ1v) is 4.23. The summed E-state index contributed by atoms with van der Waals surface area (Å²) in [5, 5.41) is 18.9. The summed E-state index contributed by atoms with van der Waals surface area (Å²) in [6.45, 7) is 0. The highest BCUT2D eigenvalue weighted by atomic mass is 19.3. The number of halogens is 2. The van der Waals surface area contributed by atoms with E-state index < -0.39 is 40.5 Å². The van der Waals surface area contributed by atoms with Crippen molar-refractivity contribution in [2.75, 3.05) is 0 Å². The lowest BCUT2D eigenvalue weighted by atomic mass is 10.2. The zero-order valence-corrected chi connectivity index (χ0v) is 8.15. The zero-order chi connectivity index (χ0) is 13.2. The summed E-state index contributed by atoms with van der Waals surface area (Å²) in [5.74, 6) is -2.52. The van der Waals surface area contributed by atoms with Gasteiger partial charge in [0.05, 0.1) is 0 Å². The number of hydrogen-bond acceptors (Lipinski definition) is 4. The molecule has 2 N–H and O–H groups in total. The molecule has 0 aliphatic rings. The molecule has 0 atom stereocenters. The van der Waals surface area contributed by atoms with Crippen LogP contribution in [-0.2, 0) is 11.2 Å². The fourth-order valence-electron chi connectivity index (χ4n) is 1.22. The van der Waals surface area contributed by atoms with Gasteiger partial charge in [0.2, 0.25) is 0 Å². The van der Waals surface area contributed by atoms with Crippen LogP contribution in [0.15, 0.2) is 10.9 Å². The summed E-state index contributed by atoms with van der Waals surface area (Å²) in [4.78, 5) is 32.7. The Hall–Kier alpha value is -2.32. The molecule has 1 heterocycles. The molecule has 1 rings (SSSR count). The Balaban J connectivity index is 3.41. The molecular formula is C8H6F2N2O5. The predicted octanol–water partition coefficient (Wildman–Crippen LogP) is 0.848. The first kappa shape index (κ1) is 12.7. The lowest BCUT2D eigenvalue weighted by Crippen LogP contribution is -2.16. The standard InChI is InChI=1S/C8H6F2N2O5/c9-7(10)6-4(13)1-3(2-5(14)15)11-8(6)12(16)17/h1,7H,2H2,(H,11,13)(H,14,15). The first-order chi connectivity index (χ1) is 7.82. The minimum absolute atomic E-state index is 0.307. The van der Waals surface area contributed by atoms with E-state index in [0.29, 0.717) is 6.07 Å². The molecule has 17 heavy (non-hydrogen) atoms. The van der Waals surface area contributed by atoms with E-state index >= 15 is 0 Å². The Bertz CT molecular complexity index is 525. The summed E-state index contributed by atoms with van der Waals surface area (Å²) in [7, 11) is 0. The highest BCUT2D eigenvalue weighted by molar-refractivity contribution is 5.69. The van der Waals surface area contributed by atoms with Crippen LogP contribution in [0, 0.1) is 10.1 Å². The number of hydrogen-bond donors (Lipinski definition) is 2. The average Bonchev–Trinajstić information content (AvgIpc) is 2.14. The van der Waals surface area contributed by atoms with Gasteiger partial charge in [-0.25, -0.2) is 13.8 Å². The number of nitrogens with one attached hydrogen (secondary N) is 1. The second kappa shape index (κ2) is 4.68. The number of carbonyl (C=O) groups is 1. The number of rotatable bonds is 4. The van der Waals surface area contributed by atoms with Crippen molar-refractivity contribution in [3.8, 4) is 0 Å². The molecule has 7 nitrogen and oxygen atoms in total. The van der Waals surface area contributed by atoms with Gasteiger partial charge < -0.3 is 15.2 Å². The van der Waals surface area contributed by atoms with E-state index in [1.54, 1.807) is 0 Å². The van der Waals surface area contributed by atoms with Crippen LogP contribution in [0.3, 0.4) is 0 Å². The number of aromatic amines is 1. The van der Waals surface area contributed by atoms with E-state index in [1.165, 1.54) is 0 Å². The molecule has 0 spiro atoms. The number of pyridine rings is 1. The van der Waals surface area contributed by atoms with Gasteiger partial charge in [-0.3, -0.25) is 9.59 Å². The monoisotopic (exact) mass is 248 g/mol. The number of nitrogens with zero attached hydrogens (tertiary/aromatic N) is 1. The van der Waals surface area contributed by atoms with Gasteiger partial charge in [-0.2, -0.15) is 0 Å². The highest BCUT2D eigenvalue weighted by Gasteiger charge is 2.26. The molecule has 0 bridgehead atoms.